The lowest BCUT2D eigenvalue weighted by Gasteiger charge is -2.16. The zero-order chi connectivity index (χ0) is 12.1. The molecule has 0 atom stereocenters. The number of aromatic nitrogens is 1. The predicted molar refractivity (Wildman–Crippen MR) is 70.8 cm³/mol. The Morgan fingerprint density at radius 3 is 2.94 bits per heavy atom. The van der Waals surface area contributed by atoms with Crippen molar-refractivity contribution in [3.05, 3.63) is 29.3 Å². The number of benzene rings is 1. The molecule has 0 saturated carbocycles. The average Bonchev–Trinajstić information content (AvgIpc) is 2.76. The topological polar surface area (TPSA) is 39.9 Å². The van der Waals surface area contributed by atoms with Crippen LogP contribution in [0.3, 0.4) is 0 Å². The molecular formula is C13H15N3S. The third-order valence-corrected chi connectivity index (χ3v) is 3.71. The number of hydrogen-bond acceptors (Lipinski definition) is 4. The molecule has 1 heterocycles. The first-order valence-corrected chi connectivity index (χ1v) is 6.59. The summed E-state index contributed by atoms with van der Waals surface area (Å²) in [7, 11) is 0. The zero-order valence-electron chi connectivity index (χ0n) is 9.89. The lowest BCUT2D eigenvalue weighted by molar-refractivity contribution is 0.286. The van der Waals surface area contributed by atoms with Crippen LogP contribution in [0.25, 0.3) is 10.2 Å². The zero-order valence-corrected chi connectivity index (χ0v) is 10.7. The summed E-state index contributed by atoms with van der Waals surface area (Å²) in [5.74, 6) is 0. The highest BCUT2D eigenvalue weighted by atomic mass is 32.1. The SMILES string of the molecule is CCN(CCC#N)Cc1nc2ccccc2s1. The minimum Gasteiger partial charge on any atom is -0.296 e. The number of nitrogens with zero attached hydrogens (tertiary/aromatic N) is 3. The molecule has 0 radical (unpaired) electrons. The van der Waals surface area contributed by atoms with Crippen LogP contribution < -0.4 is 0 Å². The molecule has 0 unspecified atom stereocenters. The van der Waals surface area contributed by atoms with Gasteiger partial charge in [0.15, 0.2) is 0 Å². The fourth-order valence-electron chi connectivity index (χ4n) is 1.74. The van der Waals surface area contributed by atoms with Gasteiger partial charge in [-0.1, -0.05) is 19.1 Å². The number of nitriles is 1. The van der Waals surface area contributed by atoms with Crippen LogP contribution in [0.15, 0.2) is 24.3 Å². The van der Waals surface area contributed by atoms with Gasteiger partial charge in [0, 0.05) is 13.0 Å². The van der Waals surface area contributed by atoms with E-state index >= 15 is 0 Å². The van der Waals surface area contributed by atoms with Crippen molar-refractivity contribution in [2.75, 3.05) is 13.1 Å². The van der Waals surface area contributed by atoms with Crippen LogP contribution in [-0.4, -0.2) is 23.0 Å². The maximum absolute atomic E-state index is 8.60. The van der Waals surface area contributed by atoms with Crippen molar-refractivity contribution < 1.29 is 0 Å². The molecule has 0 aliphatic heterocycles. The molecule has 0 spiro atoms. The van der Waals surface area contributed by atoms with Gasteiger partial charge in [-0.15, -0.1) is 11.3 Å². The van der Waals surface area contributed by atoms with E-state index in [0.29, 0.717) is 6.42 Å². The molecule has 0 fully saturated rings. The minimum atomic E-state index is 0.582. The normalized spacial score (nSPS) is 10.9. The van der Waals surface area contributed by atoms with Crippen molar-refractivity contribution in [2.24, 2.45) is 0 Å². The highest BCUT2D eigenvalue weighted by Crippen LogP contribution is 2.22. The predicted octanol–water partition coefficient (Wildman–Crippen LogP) is 3.03. The molecule has 4 heteroatoms. The van der Waals surface area contributed by atoms with Crippen LogP contribution in [0.1, 0.15) is 18.4 Å². The Hall–Kier alpha value is -1.44. The molecule has 2 rings (SSSR count). The molecule has 1 aromatic heterocycles. The lowest BCUT2D eigenvalue weighted by atomic mass is 10.3. The average molecular weight is 245 g/mol. The molecule has 3 nitrogen and oxygen atoms in total. The molecule has 0 amide bonds. The Balaban J connectivity index is 2.09. The van der Waals surface area contributed by atoms with Gasteiger partial charge in [0.25, 0.3) is 0 Å². The Labute approximate surface area is 105 Å². The van der Waals surface area contributed by atoms with Gasteiger partial charge in [0.2, 0.25) is 0 Å². The Morgan fingerprint density at radius 1 is 1.41 bits per heavy atom. The number of rotatable bonds is 5. The quantitative estimate of drug-likeness (QED) is 0.813. The molecule has 0 bridgehead atoms. The Kier molecular flexibility index (Phi) is 4.08. The van der Waals surface area contributed by atoms with Crippen LogP contribution in [0.5, 0.6) is 0 Å². The van der Waals surface area contributed by atoms with Crippen molar-refractivity contribution >= 4 is 21.6 Å². The molecule has 17 heavy (non-hydrogen) atoms. The van der Waals surface area contributed by atoms with Gasteiger partial charge in [-0.05, 0) is 18.7 Å². The van der Waals surface area contributed by atoms with Gasteiger partial charge in [-0.3, -0.25) is 4.90 Å². The Bertz CT molecular complexity index is 494. The van der Waals surface area contributed by atoms with Crippen molar-refractivity contribution in [3.8, 4) is 6.07 Å². The van der Waals surface area contributed by atoms with E-state index in [1.165, 1.54) is 4.70 Å². The summed E-state index contributed by atoms with van der Waals surface area (Å²) < 4.78 is 1.24. The van der Waals surface area contributed by atoms with Gasteiger partial charge in [0.1, 0.15) is 5.01 Å². The molecule has 1 aromatic carbocycles. The molecule has 88 valence electrons. The van der Waals surface area contributed by atoms with Crippen LogP contribution in [0.4, 0.5) is 0 Å². The lowest BCUT2D eigenvalue weighted by Crippen LogP contribution is -2.23. The van der Waals surface area contributed by atoms with E-state index in [9.17, 15) is 0 Å². The monoisotopic (exact) mass is 245 g/mol. The third kappa shape index (κ3) is 3.02. The molecule has 0 saturated heterocycles. The summed E-state index contributed by atoms with van der Waals surface area (Å²) in [5.41, 5.74) is 1.07. The molecule has 0 aliphatic rings. The van der Waals surface area contributed by atoms with E-state index in [1.807, 2.05) is 18.2 Å². The second-order valence-electron chi connectivity index (χ2n) is 3.85. The van der Waals surface area contributed by atoms with Crippen LogP contribution >= 0.6 is 11.3 Å². The van der Waals surface area contributed by atoms with E-state index in [0.717, 1.165) is 30.2 Å². The summed E-state index contributed by atoms with van der Waals surface area (Å²) in [5, 5.41) is 9.73. The highest BCUT2D eigenvalue weighted by Gasteiger charge is 2.07. The van der Waals surface area contributed by atoms with E-state index in [4.69, 9.17) is 5.26 Å². The minimum absolute atomic E-state index is 0.582. The summed E-state index contributed by atoms with van der Waals surface area (Å²) in [6, 6.07) is 10.4. The van der Waals surface area contributed by atoms with Crippen molar-refractivity contribution in [2.45, 2.75) is 19.9 Å². The van der Waals surface area contributed by atoms with Crippen molar-refractivity contribution in [1.82, 2.24) is 9.88 Å². The third-order valence-electron chi connectivity index (χ3n) is 2.68. The van der Waals surface area contributed by atoms with E-state index in [1.54, 1.807) is 11.3 Å². The number of hydrogen-bond donors (Lipinski definition) is 0. The smallest absolute Gasteiger partial charge is 0.108 e. The van der Waals surface area contributed by atoms with Crippen LogP contribution in [0.2, 0.25) is 0 Å². The number of para-hydroxylation sites is 1. The van der Waals surface area contributed by atoms with Crippen LogP contribution in [-0.2, 0) is 6.54 Å². The van der Waals surface area contributed by atoms with E-state index < -0.39 is 0 Å². The summed E-state index contributed by atoms with van der Waals surface area (Å²) in [4.78, 5) is 6.85. The first kappa shape index (κ1) is 12.0. The molecule has 2 aromatic rings. The largest absolute Gasteiger partial charge is 0.296 e. The molecular weight excluding hydrogens is 230 g/mol. The summed E-state index contributed by atoms with van der Waals surface area (Å²) in [6.07, 6.45) is 0.582. The number of thiazole rings is 1. The Morgan fingerprint density at radius 2 is 2.24 bits per heavy atom. The maximum atomic E-state index is 8.60. The van der Waals surface area contributed by atoms with E-state index in [2.05, 4.69) is 28.9 Å². The second-order valence-corrected chi connectivity index (χ2v) is 4.97. The molecule has 0 aliphatic carbocycles. The van der Waals surface area contributed by atoms with Gasteiger partial charge in [-0.2, -0.15) is 5.26 Å². The standard InChI is InChI=1S/C13H15N3S/c1-2-16(9-5-8-14)10-13-15-11-6-3-4-7-12(11)17-13/h3-4,6-7H,2,5,9-10H2,1H3. The van der Waals surface area contributed by atoms with Gasteiger partial charge >= 0.3 is 0 Å². The second kappa shape index (κ2) is 5.76. The first-order valence-electron chi connectivity index (χ1n) is 5.77. The first-order chi connectivity index (χ1) is 8.33. The van der Waals surface area contributed by atoms with Crippen molar-refractivity contribution in [1.29, 1.82) is 5.26 Å². The summed E-state index contributed by atoms with van der Waals surface area (Å²) >= 11 is 1.74. The van der Waals surface area contributed by atoms with Gasteiger partial charge in [-0.25, -0.2) is 4.98 Å². The number of fused-ring (bicyclic) bond motifs is 1. The van der Waals surface area contributed by atoms with Gasteiger partial charge in [0.05, 0.1) is 22.8 Å². The molecule has 0 N–H and O–H groups in total. The van der Waals surface area contributed by atoms with Crippen LogP contribution in [0, 0.1) is 11.3 Å². The van der Waals surface area contributed by atoms with Crippen molar-refractivity contribution in [3.63, 3.8) is 0 Å². The summed E-state index contributed by atoms with van der Waals surface area (Å²) in [6.45, 7) is 4.74. The van der Waals surface area contributed by atoms with Gasteiger partial charge < -0.3 is 0 Å². The highest BCUT2D eigenvalue weighted by molar-refractivity contribution is 7.18. The van der Waals surface area contributed by atoms with E-state index in [-0.39, 0.29) is 0 Å². The maximum Gasteiger partial charge on any atom is 0.108 e. The fraction of sp³-hybridized carbons (Fsp3) is 0.385. The fourth-order valence-corrected chi connectivity index (χ4v) is 2.75.